The second-order valence-electron chi connectivity index (χ2n) is 3.90. The van der Waals surface area contributed by atoms with Crippen molar-refractivity contribution in [3.05, 3.63) is 35.9 Å². The summed E-state index contributed by atoms with van der Waals surface area (Å²) in [7, 11) is -9.56. The summed E-state index contributed by atoms with van der Waals surface area (Å²) in [6.45, 7) is 0. The molecule has 0 spiro atoms. The molecular weight excluding hydrogens is 308 g/mol. The number of carbonyl (C=O) groups excluding carboxylic acids is 1. The fourth-order valence-electron chi connectivity index (χ4n) is 1.89. The van der Waals surface area contributed by atoms with Crippen molar-refractivity contribution in [1.29, 1.82) is 0 Å². The number of carbonyl (C=O) groups is 1. The van der Waals surface area contributed by atoms with Gasteiger partial charge in [0, 0.05) is 10.9 Å². The van der Waals surface area contributed by atoms with Crippen molar-refractivity contribution in [3.8, 4) is 0 Å². The molecular formula is C11H8O7S2. The van der Waals surface area contributed by atoms with Crippen LogP contribution < -0.4 is 0 Å². The van der Waals surface area contributed by atoms with Crippen LogP contribution in [-0.2, 0) is 20.2 Å². The van der Waals surface area contributed by atoms with Crippen LogP contribution in [0.5, 0.6) is 0 Å². The van der Waals surface area contributed by atoms with E-state index in [1.165, 1.54) is 24.3 Å². The molecule has 0 aliphatic rings. The Morgan fingerprint density at radius 3 is 1.80 bits per heavy atom. The third kappa shape index (κ3) is 2.43. The molecule has 0 aliphatic heterocycles. The van der Waals surface area contributed by atoms with Gasteiger partial charge in [-0.25, -0.2) is 0 Å². The van der Waals surface area contributed by atoms with Crippen LogP contribution in [0.1, 0.15) is 10.4 Å². The molecule has 2 rings (SSSR count). The molecule has 2 aromatic carbocycles. The Bertz CT molecular complexity index is 911. The third-order valence-corrected chi connectivity index (χ3v) is 4.47. The zero-order valence-electron chi connectivity index (χ0n) is 9.72. The normalized spacial score (nSPS) is 12.5. The predicted molar refractivity (Wildman–Crippen MR) is 69.0 cm³/mol. The predicted octanol–water partition coefficient (Wildman–Crippen LogP) is 1.15. The highest BCUT2D eigenvalue weighted by molar-refractivity contribution is 7.86. The second-order valence-corrected chi connectivity index (χ2v) is 6.68. The number of aldehydes is 1. The lowest BCUT2D eigenvalue weighted by atomic mass is 10.1. The highest BCUT2D eigenvalue weighted by atomic mass is 32.2. The molecule has 2 N–H and O–H groups in total. The van der Waals surface area contributed by atoms with Crippen LogP contribution in [0, 0.1) is 0 Å². The Labute approximate surface area is 114 Å². The van der Waals surface area contributed by atoms with Gasteiger partial charge in [0.15, 0.2) is 6.29 Å². The van der Waals surface area contributed by atoms with E-state index >= 15 is 0 Å². The Hall–Kier alpha value is -1.81. The van der Waals surface area contributed by atoms with E-state index in [0.29, 0.717) is 6.07 Å². The standard InChI is InChI=1S/C11H8O7S2/c12-6-9-7-3-1-2-4-8(7)10(19(13,14)15)5-11(9)20(16,17)18/h1-6H,(H,13,14,15)(H,16,17,18). The summed E-state index contributed by atoms with van der Waals surface area (Å²) < 4.78 is 63.4. The molecule has 0 aromatic heterocycles. The van der Waals surface area contributed by atoms with Gasteiger partial charge in [0.25, 0.3) is 20.2 Å². The largest absolute Gasteiger partial charge is 0.298 e. The van der Waals surface area contributed by atoms with Crippen molar-refractivity contribution in [2.75, 3.05) is 0 Å². The highest BCUT2D eigenvalue weighted by Crippen LogP contribution is 2.30. The van der Waals surface area contributed by atoms with Gasteiger partial charge in [-0.3, -0.25) is 13.9 Å². The summed E-state index contributed by atoms with van der Waals surface area (Å²) in [4.78, 5) is 9.48. The lowest BCUT2D eigenvalue weighted by molar-refractivity contribution is 0.112. The van der Waals surface area contributed by atoms with E-state index in [2.05, 4.69) is 0 Å². The Morgan fingerprint density at radius 1 is 0.850 bits per heavy atom. The summed E-state index contributed by atoms with van der Waals surface area (Å²) in [5.41, 5.74) is -0.379. The fraction of sp³-hybridized carbons (Fsp3) is 0. The molecule has 0 saturated carbocycles. The quantitative estimate of drug-likeness (QED) is 0.642. The van der Waals surface area contributed by atoms with Crippen LogP contribution in [-0.4, -0.2) is 32.2 Å². The molecule has 0 radical (unpaired) electrons. The minimum Gasteiger partial charge on any atom is -0.298 e. The van der Waals surface area contributed by atoms with Gasteiger partial charge in [0.2, 0.25) is 0 Å². The molecule has 0 fully saturated rings. The zero-order chi connectivity index (χ0) is 15.1. The van der Waals surface area contributed by atoms with Gasteiger partial charge in [-0.2, -0.15) is 16.8 Å². The SMILES string of the molecule is O=Cc1c(S(=O)(=O)O)cc(S(=O)(=O)O)c2ccccc12. The van der Waals surface area contributed by atoms with Gasteiger partial charge in [0.1, 0.15) is 9.79 Å². The first kappa shape index (κ1) is 14.6. The molecule has 0 bridgehead atoms. The number of rotatable bonds is 3. The van der Waals surface area contributed by atoms with Gasteiger partial charge in [-0.05, 0) is 11.5 Å². The molecule has 0 saturated heterocycles. The second kappa shape index (κ2) is 4.63. The van der Waals surface area contributed by atoms with E-state index in [0.717, 1.165) is 0 Å². The smallest absolute Gasteiger partial charge is 0.295 e. The molecule has 7 nitrogen and oxygen atoms in total. The Morgan fingerprint density at radius 2 is 1.35 bits per heavy atom. The molecule has 0 amide bonds. The van der Waals surface area contributed by atoms with Crippen molar-refractivity contribution in [2.45, 2.75) is 9.79 Å². The number of benzene rings is 2. The maximum Gasteiger partial charge on any atom is 0.295 e. The van der Waals surface area contributed by atoms with E-state index in [1.54, 1.807) is 0 Å². The molecule has 0 heterocycles. The molecule has 0 aliphatic carbocycles. The first-order chi connectivity index (χ1) is 9.16. The van der Waals surface area contributed by atoms with Crippen LogP contribution in [0.3, 0.4) is 0 Å². The lowest BCUT2D eigenvalue weighted by Gasteiger charge is -2.10. The van der Waals surface area contributed by atoms with Gasteiger partial charge in [0.05, 0.1) is 0 Å². The van der Waals surface area contributed by atoms with Crippen molar-refractivity contribution in [3.63, 3.8) is 0 Å². The first-order valence-electron chi connectivity index (χ1n) is 5.12. The van der Waals surface area contributed by atoms with Crippen LogP contribution in [0.2, 0.25) is 0 Å². The third-order valence-electron chi connectivity index (χ3n) is 2.68. The monoisotopic (exact) mass is 316 g/mol. The Kier molecular flexibility index (Phi) is 3.38. The highest BCUT2D eigenvalue weighted by Gasteiger charge is 2.24. The molecule has 9 heteroatoms. The Balaban J connectivity index is 3.16. The number of fused-ring (bicyclic) bond motifs is 1. The van der Waals surface area contributed by atoms with Crippen molar-refractivity contribution < 1.29 is 30.7 Å². The van der Waals surface area contributed by atoms with Crippen LogP contribution in [0.4, 0.5) is 0 Å². The summed E-state index contributed by atoms with van der Waals surface area (Å²) >= 11 is 0. The molecule has 0 atom stereocenters. The van der Waals surface area contributed by atoms with Crippen LogP contribution in [0.15, 0.2) is 40.1 Å². The maximum absolute atomic E-state index is 11.3. The first-order valence-corrected chi connectivity index (χ1v) is 8.00. The topological polar surface area (TPSA) is 126 Å². The van der Waals surface area contributed by atoms with Crippen molar-refractivity contribution in [2.24, 2.45) is 0 Å². The lowest BCUT2D eigenvalue weighted by Crippen LogP contribution is -2.08. The van der Waals surface area contributed by atoms with Crippen molar-refractivity contribution in [1.82, 2.24) is 0 Å². The zero-order valence-corrected chi connectivity index (χ0v) is 11.3. The van der Waals surface area contributed by atoms with Gasteiger partial charge < -0.3 is 0 Å². The maximum atomic E-state index is 11.3. The summed E-state index contributed by atoms with van der Waals surface area (Å²) in [6, 6.07) is 6.08. The average Bonchev–Trinajstić information content (AvgIpc) is 2.34. The van der Waals surface area contributed by atoms with Gasteiger partial charge in [-0.1, -0.05) is 24.3 Å². The fourth-order valence-corrected chi connectivity index (χ4v) is 3.39. The minimum atomic E-state index is -4.83. The van der Waals surface area contributed by atoms with Crippen LogP contribution >= 0.6 is 0 Å². The van der Waals surface area contributed by atoms with Gasteiger partial charge in [-0.15, -0.1) is 0 Å². The number of hydrogen-bond acceptors (Lipinski definition) is 5. The summed E-state index contributed by atoms with van der Waals surface area (Å²) in [6.07, 6.45) is 0.194. The van der Waals surface area contributed by atoms with E-state index in [-0.39, 0.29) is 22.6 Å². The average molecular weight is 316 g/mol. The van der Waals surface area contributed by atoms with Gasteiger partial charge >= 0.3 is 0 Å². The van der Waals surface area contributed by atoms with Crippen LogP contribution in [0.25, 0.3) is 10.8 Å². The minimum absolute atomic E-state index is 0.00903. The molecule has 20 heavy (non-hydrogen) atoms. The van der Waals surface area contributed by atoms with E-state index in [4.69, 9.17) is 9.11 Å². The number of hydrogen-bond donors (Lipinski definition) is 2. The van der Waals surface area contributed by atoms with E-state index in [9.17, 15) is 21.6 Å². The molecule has 106 valence electrons. The van der Waals surface area contributed by atoms with E-state index < -0.39 is 30.0 Å². The summed E-state index contributed by atoms with van der Waals surface area (Å²) in [5.74, 6) is 0. The molecule has 2 aromatic rings. The summed E-state index contributed by atoms with van der Waals surface area (Å²) in [5, 5.41) is -0.0326. The van der Waals surface area contributed by atoms with E-state index in [1.807, 2.05) is 0 Å². The van der Waals surface area contributed by atoms with Crippen molar-refractivity contribution >= 4 is 37.3 Å². The molecule has 0 unspecified atom stereocenters.